The summed E-state index contributed by atoms with van der Waals surface area (Å²) in [6, 6.07) is 0. The number of hydrogen-bond acceptors (Lipinski definition) is 5. The molecule has 1 atom stereocenters. The van der Waals surface area contributed by atoms with Crippen molar-refractivity contribution in [3.05, 3.63) is 10.0 Å². The zero-order valence-corrected chi connectivity index (χ0v) is 10.9. The maximum Gasteiger partial charge on any atom is 0.471 e. The zero-order chi connectivity index (χ0) is 14.9. The molecule has 1 fully saturated rings. The SMILES string of the molecule is O=C(O)c1nnc(C2CCCN(C(=O)C(F)(F)F)C2)s1. The van der Waals surface area contributed by atoms with E-state index in [-0.39, 0.29) is 18.1 Å². The Bertz CT molecular complexity index is 531. The summed E-state index contributed by atoms with van der Waals surface area (Å²) in [4.78, 5) is 22.6. The molecule has 6 nitrogen and oxygen atoms in total. The van der Waals surface area contributed by atoms with E-state index in [0.29, 0.717) is 17.8 Å². The minimum atomic E-state index is -4.89. The van der Waals surface area contributed by atoms with Gasteiger partial charge in [-0.25, -0.2) is 4.79 Å². The average Bonchev–Trinajstić information content (AvgIpc) is 2.86. The number of aromatic carboxylic acids is 1. The van der Waals surface area contributed by atoms with Crippen molar-refractivity contribution in [2.24, 2.45) is 0 Å². The van der Waals surface area contributed by atoms with Crippen molar-refractivity contribution in [2.45, 2.75) is 24.9 Å². The fourth-order valence-electron chi connectivity index (χ4n) is 2.03. The molecule has 0 bridgehead atoms. The molecule has 2 rings (SSSR count). The number of piperidine rings is 1. The van der Waals surface area contributed by atoms with E-state index in [2.05, 4.69) is 10.2 Å². The molecule has 1 N–H and O–H groups in total. The van der Waals surface area contributed by atoms with Gasteiger partial charge < -0.3 is 10.0 Å². The Morgan fingerprint density at radius 2 is 2.05 bits per heavy atom. The largest absolute Gasteiger partial charge is 0.476 e. The highest BCUT2D eigenvalue weighted by Gasteiger charge is 2.44. The molecule has 1 aromatic heterocycles. The fraction of sp³-hybridized carbons (Fsp3) is 0.600. The van der Waals surface area contributed by atoms with Gasteiger partial charge in [0.1, 0.15) is 5.01 Å². The lowest BCUT2D eigenvalue weighted by molar-refractivity contribution is -0.186. The maximum atomic E-state index is 12.4. The number of amides is 1. The normalized spacial score (nSPS) is 19.9. The van der Waals surface area contributed by atoms with Crippen LogP contribution in [0.5, 0.6) is 0 Å². The summed E-state index contributed by atoms with van der Waals surface area (Å²) in [6.07, 6.45) is -3.93. The van der Waals surface area contributed by atoms with E-state index in [1.165, 1.54) is 0 Å². The first-order chi connectivity index (χ1) is 9.29. The molecule has 1 aromatic rings. The van der Waals surface area contributed by atoms with Crippen LogP contribution in [0.3, 0.4) is 0 Å². The van der Waals surface area contributed by atoms with Crippen molar-refractivity contribution >= 4 is 23.2 Å². The van der Waals surface area contributed by atoms with Gasteiger partial charge in [0.2, 0.25) is 5.01 Å². The number of carboxylic acids is 1. The maximum absolute atomic E-state index is 12.4. The molecule has 0 spiro atoms. The highest BCUT2D eigenvalue weighted by molar-refractivity contribution is 7.13. The van der Waals surface area contributed by atoms with Crippen LogP contribution >= 0.6 is 11.3 Å². The summed E-state index contributed by atoms with van der Waals surface area (Å²) in [5, 5.41) is 16.0. The Balaban J connectivity index is 2.10. The Morgan fingerprint density at radius 1 is 1.35 bits per heavy atom. The summed E-state index contributed by atoms with van der Waals surface area (Å²) in [6.45, 7) is -0.0774. The lowest BCUT2D eigenvalue weighted by Gasteiger charge is -2.31. The number of hydrogen-bond donors (Lipinski definition) is 1. The number of halogens is 3. The third-order valence-electron chi connectivity index (χ3n) is 2.92. The monoisotopic (exact) mass is 309 g/mol. The Hall–Kier alpha value is -1.71. The molecule has 110 valence electrons. The van der Waals surface area contributed by atoms with Gasteiger partial charge in [0, 0.05) is 19.0 Å². The second kappa shape index (κ2) is 5.35. The standard InChI is InChI=1S/C10H10F3N3O3S/c11-10(12,13)9(19)16-3-1-2-5(4-16)6-14-15-7(20-6)8(17)18/h5H,1-4H2,(H,17,18). The summed E-state index contributed by atoms with van der Waals surface area (Å²) in [7, 11) is 0. The van der Waals surface area contributed by atoms with E-state index in [4.69, 9.17) is 5.11 Å². The summed E-state index contributed by atoms with van der Waals surface area (Å²) in [5.41, 5.74) is 0. The van der Waals surface area contributed by atoms with Gasteiger partial charge in [-0.15, -0.1) is 10.2 Å². The van der Waals surface area contributed by atoms with Crippen LogP contribution in [0.15, 0.2) is 0 Å². The molecule has 1 saturated heterocycles. The van der Waals surface area contributed by atoms with Gasteiger partial charge >= 0.3 is 18.1 Å². The number of carbonyl (C=O) groups is 2. The predicted octanol–water partition coefficient (Wildman–Crippen LogP) is 1.50. The first-order valence-corrected chi connectivity index (χ1v) is 6.53. The van der Waals surface area contributed by atoms with Gasteiger partial charge in [-0.3, -0.25) is 4.79 Å². The minimum Gasteiger partial charge on any atom is -0.476 e. The summed E-state index contributed by atoms with van der Waals surface area (Å²) in [5.74, 6) is -3.50. The Morgan fingerprint density at radius 3 is 2.60 bits per heavy atom. The van der Waals surface area contributed by atoms with E-state index in [0.717, 1.165) is 16.2 Å². The average molecular weight is 309 g/mol. The van der Waals surface area contributed by atoms with E-state index in [1.54, 1.807) is 0 Å². The quantitative estimate of drug-likeness (QED) is 0.895. The number of likely N-dealkylation sites (tertiary alicyclic amines) is 1. The third kappa shape index (κ3) is 3.06. The van der Waals surface area contributed by atoms with Gasteiger partial charge in [-0.1, -0.05) is 11.3 Å². The third-order valence-corrected chi connectivity index (χ3v) is 4.00. The second-order valence-corrected chi connectivity index (χ2v) is 5.35. The highest BCUT2D eigenvalue weighted by Crippen LogP contribution is 2.31. The zero-order valence-electron chi connectivity index (χ0n) is 10.1. The summed E-state index contributed by atoms with van der Waals surface area (Å²) < 4.78 is 37.1. The van der Waals surface area contributed by atoms with Crippen molar-refractivity contribution in [3.8, 4) is 0 Å². The molecular weight excluding hydrogens is 299 g/mol. The summed E-state index contributed by atoms with van der Waals surface area (Å²) >= 11 is 0.828. The van der Waals surface area contributed by atoms with E-state index in [1.807, 2.05) is 0 Å². The highest BCUT2D eigenvalue weighted by atomic mass is 32.1. The smallest absolute Gasteiger partial charge is 0.471 e. The number of rotatable bonds is 2. The number of nitrogens with zero attached hydrogens (tertiary/aromatic N) is 3. The van der Waals surface area contributed by atoms with Gasteiger partial charge in [-0.2, -0.15) is 13.2 Å². The van der Waals surface area contributed by atoms with E-state index < -0.39 is 24.0 Å². The topological polar surface area (TPSA) is 83.4 Å². The number of carbonyl (C=O) groups excluding carboxylic acids is 1. The fourth-order valence-corrected chi connectivity index (χ4v) is 2.84. The molecular formula is C10H10F3N3O3S. The molecule has 1 unspecified atom stereocenters. The minimum absolute atomic E-state index is 0.0411. The van der Waals surface area contributed by atoms with Crippen LogP contribution < -0.4 is 0 Å². The predicted molar refractivity (Wildman–Crippen MR) is 61.5 cm³/mol. The molecule has 20 heavy (non-hydrogen) atoms. The molecule has 2 heterocycles. The lowest BCUT2D eigenvalue weighted by Crippen LogP contribution is -2.45. The van der Waals surface area contributed by atoms with Gasteiger partial charge in [0.05, 0.1) is 0 Å². The van der Waals surface area contributed by atoms with Crippen LogP contribution in [0.2, 0.25) is 0 Å². The molecule has 0 radical (unpaired) electrons. The van der Waals surface area contributed by atoms with Crippen molar-refractivity contribution in [1.29, 1.82) is 0 Å². The Kier molecular flexibility index (Phi) is 3.93. The molecule has 1 amide bonds. The van der Waals surface area contributed by atoms with Crippen LogP contribution in [0.25, 0.3) is 0 Å². The van der Waals surface area contributed by atoms with E-state index >= 15 is 0 Å². The first-order valence-electron chi connectivity index (χ1n) is 5.72. The van der Waals surface area contributed by atoms with Crippen LogP contribution in [0, 0.1) is 0 Å². The first kappa shape index (κ1) is 14.7. The van der Waals surface area contributed by atoms with Crippen LogP contribution in [-0.4, -0.2) is 51.3 Å². The second-order valence-electron chi connectivity index (χ2n) is 4.34. The van der Waals surface area contributed by atoms with Gasteiger partial charge in [-0.05, 0) is 12.8 Å². The van der Waals surface area contributed by atoms with E-state index in [9.17, 15) is 22.8 Å². The van der Waals surface area contributed by atoms with Crippen molar-refractivity contribution < 1.29 is 27.9 Å². The van der Waals surface area contributed by atoms with Gasteiger partial charge in [0.25, 0.3) is 0 Å². The van der Waals surface area contributed by atoms with Crippen LogP contribution in [0.1, 0.15) is 33.6 Å². The number of carboxylic acid groups (broad SMARTS) is 1. The van der Waals surface area contributed by atoms with Crippen molar-refractivity contribution in [1.82, 2.24) is 15.1 Å². The number of aromatic nitrogens is 2. The Labute approximate surface area is 115 Å². The molecule has 1 aliphatic rings. The lowest BCUT2D eigenvalue weighted by atomic mass is 9.99. The van der Waals surface area contributed by atoms with Crippen LogP contribution in [-0.2, 0) is 4.79 Å². The molecule has 10 heteroatoms. The molecule has 0 saturated carbocycles. The molecule has 0 aromatic carbocycles. The molecule has 0 aliphatic carbocycles. The van der Waals surface area contributed by atoms with Crippen LogP contribution in [0.4, 0.5) is 13.2 Å². The van der Waals surface area contributed by atoms with Gasteiger partial charge in [0.15, 0.2) is 0 Å². The van der Waals surface area contributed by atoms with Crippen molar-refractivity contribution in [2.75, 3.05) is 13.1 Å². The number of alkyl halides is 3. The van der Waals surface area contributed by atoms with Crippen molar-refractivity contribution in [3.63, 3.8) is 0 Å². The molecule has 1 aliphatic heterocycles.